The van der Waals surface area contributed by atoms with E-state index in [2.05, 4.69) is 33.6 Å². The number of hydrogen-bond donors (Lipinski definition) is 0. The molecule has 0 radical (unpaired) electrons. The van der Waals surface area contributed by atoms with Crippen LogP contribution in [-0.2, 0) is 0 Å². The average molecular weight is 237 g/mol. The Kier molecular flexibility index (Phi) is 4.45. The fourth-order valence-corrected chi connectivity index (χ4v) is 3.23. The molecule has 0 spiro atoms. The van der Waals surface area contributed by atoms with Gasteiger partial charge in [0, 0.05) is 30.7 Å². The largest absolute Gasteiger partial charge is 0.354 e. The van der Waals surface area contributed by atoms with Gasteiger partial charge in [-0.1, -0.05) is 13.3 Å². The maximum atomic E-state index is 4.39. The standard InChI is InChI=1S/C12H19N3S/c1-2-16-11-5-3-4-8-15(10-11)12-9-13-6-7-14-12/h6-7,9,11H,2-5,8,10H2,1H3. The molecule has 1 atom stereocenters. The van der Waals surface area contributed by atoms with E-state index in [1.807, 2.05) is 6.20 Å². The highest BCUT2D eigenvalue weighted by Gasteiger charge is 2.18. The summed E-state index contributed by atoms with van der Waals surface area (Å²) in [4.78, 5) is 10.9. The van der Waals surface area contributed by atoms with Crippen LogP contribution in [-0.4, -0.2) is 34.1 Å². The summed E-state index contributed by atoms with van der Waals surface area (Å²) in [5.41, 5.74) is 0. The minimum absolute atomic E-state index is 0.759. The topological polar surface area (TPSA) is 29.0 Å². The van der Waals surface area contributed by atoms with Crippen molar-refractivity contribution in [3.63, 3.8) is 0 Å². The van der Waals surface area contributed by atoms with Gasteiger partial charge >= 0.3 is 0 Å². The molecule has 0 bridgehead atoms. The number of aromatic nitrogens is 2. The quantitative estimate of drug-likeness (QED) is 0.808. The van der Waals surface area contributed by atoms with Gasteiger partial charge in [-0.3, -0.25) is 4.98 Å². The normalized spacial score (nSPS) is 21.8. The summed E-state index contributed by atoms with van der Waals surface area (Å²) < 4.78 is 0. The zero-order valence-electron chi connectivity index (χ0n) is 9.80. The third kappa shape index (κ3) is 3.11. The summed E-state index contributed by atoms with van der Waals surface area (Å²) >= 11 is 2.07. The lowest BCUT2D eigenvalue weighted by Crippen LogP contribution is -2.30. The van der Waals surface area contributed by atoms with Crippen molar-refractivity contribution in [2.75, 3.05) is 23.7 Å². The Morgan fingerprint density at radius 3 is 3.12 bits per heavy atom. The Morgan fingerprint density at radius 2 is 2.38 bits per heavy atom. The first-order valence-electron chi connectivity index (χ1n) is 6.02. The highest BCUT2D eigenvalue weighted by molar-refractivity contribution is 7.99. The molecule has 1 fully saturated rings. The third-order valence-electron chi connectivity index (χ3n) is 2.90. The van der Waals surface area contributed by atoms with E-state index in [9.17, 15) is 0 Å². The SMILES string of the molecule is CCSC1CCCCN(c2cnccn2)C1. The molecule has 1 unspecified atom stereocenters. The lowest BCUT2D eigenvalue weighted by atomic mass is 10.2. The first-order chi connectivity index (χ1) is 7.90. The molecule has 88 valence electrons. The third-order valence-corrected chi connectivity index (χ3v) is 4.09. The molecule has 0 aliphatic carbocycles. The number of anilines is 1. The van der Waals surface area contributed by atoms with Crippen LogP contribution >= 0.6 is 11.8 Å². The first kappa shape index (κ1) is 11.7. The molecule has 3 nitrogen and oxygen atoms in total. The molecule has 0 saturated carbocycles. The van der Waals surface area contributed by atoms with Crippen molar-refractivity contribution in [1.29, 1.82) is 0 Å². The van der Waals surface area contributed by atoms with Gasteiger partial charge in [0.25, 0.3) is 0 Å². The van der Waals surface area contributed by atoms with Crippen LogP contribution in [0.15, 0.2) is 18.6 Å². The monoisotopic (exact) mass is 237 g/mol. The van der Waals surface area contributed by atoms with Gasteiger partial charge in [0.15, 0.2) is 0 Å². The number of rotatable bonds is 3. The van der Waals surface area contributed by atoms with E-state index in [0.717, 1.165) is 24.2 Å². The van der Waals surface area contributed by atoms with Crippen LogP contribution in [0.4, 0.5) is 5.82 Å². The van der Waals surface area contributed by atoms with Crippen LogP contribution in [0.25, 0.3) is 0 Å². The van der Waals surface area contributed by atoms with Crippen molar-refractivity contribution >= 4 is 17.6 Å². The molecule has 2 rings (SSSR count). The highest BCUT2D eigenvalue weighted by Crippen LogP contribution is 2.24. The van der Waals surface area contributed by atoms with Crippen molar-refractivity contribution < 1.29 is 0 Å². The predicted molar refractivity (Wildman–Crippen MR) is 70.0 cm³/mol. The average Bonchev–Trinajstić information content (AvgIpc) is 2.56. The lowest BCUT2D eigenvalue weighted by Gasteiger charge is -2.24. The second-order valence-electron chi connectivity index (χ2n) is 4.08. The molecule has 1 aromatic heterocycles. The number of hydrogen-bond acceptors (Lipinski definition) is 4. The molecular weight excluding hydrogens is 218 g/mol. The van der Waals surface area contributed by atoms with Gasteiger partial charge in [-0.2, -0.15) is 11.8 Å². The second-order valence-corrected chi connectivity index (χ2v) is 5.66. The number of nitrogens with zero attached hydrogens (tertiary/aromatic N) is 3. The molecule has 1 saturated heterocycles. The van der Waals surface area contributed by atoms with Gasteiger partial charge in [0.1, 0.15) is 5.82 Å². The Hall–Kier alpha value is -0.770. The molecule has 0 N–H and O–H groups in total. The van der Waals surface area contributed by atoms with Gasteiger partial charge in [0.05, 0.1) is 6.20 Å². The van der Waals surface area contributed by atoms with E-state index < -0.39 is 0 Å². The van der Waals surface area contributed by atoms with Crippen molar-refractivity contribution in [2.24, 2.45) is 0 Å². The molecule has 0 aromatic carbocycles. The van der Waals surface area contributed by atoms with Gasteiger partial charge in [-0.15, -0.1) is 0 Å². The van der Waals surface area contributed by atoms with E-state index in [-0.39, 0.29) is 0 Å². The molecule has 0 amide bonds. The molecule has 1 aromatic rings. The van der Waals surface area contributed by atoms with Crippen LogP contribution in [0, 0.1) is 0 Å². The van der Waals surface area contributed by atoms with Gasteiger partial charge < -0.3 is 4.90 Å². The van der Waals surface area contributed by atoms with E-state index in [0.29, 0.717) is 0 Å². The molecule has 4 heteroatoms. The fourth-order valence-electron chi connectivity index (χ4n) is 2.14. The van der Waals surface area contributed by atoms with Crippen molar-refractivity contribution in [3.05, 3.63) is 18.6 Å². The summed E-state index contributed by atoms with van der Waals surface area (Å²) in [6, 6.07) is 0. The minimum Gasteiger partial charge on any atom is -0.354 e. The molecule has 16 heavy (non-hydrogen) atoms. The molecular formula is C12H19N3S. The van der Waals surface area contributed by atoms with Crippen LogP contribution in [0.3, 0.4) is 0 Å². The van der Waals surface area contributed by atoms with E-state index in [1.165, 1.54) is 25.0 Å². The fraction of sp³-hybridized carbons (Fsp3) is 0.667. The number of thioether (sulfide) groups is 1. The van der Waals surface area contributed by atoms with Crippen LogP contribution < -0.4 is 4.90 Å². The van der Waals surface area contributed by atoms with Crippen molar-refractivity contribution in [2.45, 2.75) is 31.4 Å². The summed E-state index contributed by atoms with van der Waals surface area (Å²) in [5, 5.41) is 0.759. The molecule has 1 aliphatic heterocycles. The van der Waals surface area contributed by atoms with Gasteiger partial charge in [-0.25, -0.2) is 4.98 Å². The summed E-state index contributed by atoms with van der Waals surface area (Å²) in [7, 11) is 0. The molecule has 1 aliphatic rings. The first-order valence-corrected chi connectivity index (χ1v) is 7.07. The maximum absolute atomic E-state index is 4.39. The highest BCUT2D eigenvalue weighted by atomic mass is 32.2. The smallest absolute Gasteiger partial charge is 0.147 e. The predicted octanol–water partition coefficient (Wildman–Crippen LogP) is 2.59. The zero-order valence-corrected chi connectivity index (χ0v) is 10.6. The minimum atomic E-state index is 0.759. The maximum Gasteiger partial charge on any atom is 0.147 e. The summed E-state index contributed by atoms with van der Waals surface area (Å²) in [5.74, 6) is 2.24. The summed E-state index contributed by atoms with van der Waals surface area (Å²) in [6.07, 6.45) is 9.35. The Labute approximate surface area is 102 Å². The van der Waals surface area contributed by atoms with Crippen molar-refractivity contribution in [3.8, 4) is 0 Å². The van der Waals surface area contributed by atoms with Crippen LogP contribution in [0.5, 0.6) is 0 Å². The van der Waals surface area contributed by atoms with Gasteiger partial charge in [0.2, 0.25) is 0 Å². The van der Waals surface area contributed by atoms with Crippen LogP contribution in [0.2, 0.25) is 0 Å². The van der Waals surface area contributed by atoms with Crippen molar-refractivity contribution in [1.82, 2.24) is 9.97 Å². The van der Waals surface area contributed by atoms with E-state index in [1.54, 1.807) is 12.4 Å². The van der Waals surface area contributed by atoms with Crippen LogP contribution in [0.1, 0.15) is 26.2 Å². The second kappa shape index (κ2) is 6.09. The Balaban J connectivity index is 2.03. The summed E-state index contributed by atoms with van der Waals surface area (Å²) in [6.45, 7) is 4.49. The van der Waals surface area contributed by atoms with E-state index in [4.69, 9.17) is 0 Å². The molecule has 2 heterocycles. The Morgan fingerprint density at radius 1 is 1.44 bits per heavy atom. The zero-order chi connectivity index (χ0) is 11.2. The van der Waals surface area contributed by atoms with Gasteiger partial charge in [-0.05, 0) is 18.6 Å². The lowest BCUT2D eigenvalue weighted by molar-refractivity contribution is 0.735. The Bertz CT molecular complexity index is 304. The van der Waals surface area contributed by atoms with E-state index >= 15 is 0 Å².